The molecule has 2 atom stereocenters. The molecule has 1 aromatic rings. The average Bonchev–Trinajstić information content (AvgIpc) is 2.65. The van der Waals surface area contributed by atoms with Crippen molar-refractivity contribution in [2.24, 2.45) is 4.99 Å². The predicted octanol–water partition coefficient (Wildman–Crippen LogP) is 3.07. The number of hydrogen-bond donors (Lipinski definition) is 2. The van der Waals surface area contributed by atoms with E-state index in [1.165, 1.54) is 5.56 Å². The van der Waals surface area contributed by atoms with Crippen molar-refractivity contribution >= 4 is 29.9 Å². The van der Waals surface area contributed by atoms with E-state index < -0.39 is 0 Å². The van der Waals surface area contributed by atoms with Crippen molar-refractivity contribution in [2.45, 2.75) is 44.2 Å². The fourth-order valence-corrected chi connectivity index (χ4v) is 3.36. The normalized spacial score (nSPS) is 19.4. The van der Waals surface area contributed by atoms with Crippen molar-refractivity contribution in [3.8, 4) is 0 Å². The number of aliphatic imine (C=N–C) groups is 1. The number of rotatable bonds is 6. The second-order valence-corrected chi connectivity index (χ2v) is 7.29. The van der Waals surface area contributed by atoms with E-state index in [1.807, 2.05) is 7.05 Å². The first-order valence-electron chi connectivity index (χ1n) is 9.26. The summed E-state index contributed by atoms with van der Waals surface area (Å²) >= 11 is 0. The number of halogens is 1. The molecule has 1 aliphatic heterocycles. The van der Waals surface area contributed by atoms with Crippen LogP contribution in [0, 0.1) is 0 Å². The van der Waals surface area contributed by atoms with Gasteiger partial charge < -0.3 is 20.3 Å². The molecule has 0 spiro atoms. The Balaban J connectivity index is 0.00000338. The van der Waals surface area contributed by atoms with Crippen molar-refractivity contribution in [1.29, 1.82) is 0 Å². The van der Waals surface area contributed by atoms with Gasteiger partial charge in [-0.2, -0.15) is 0 Å². The maximum absolute atomic E-state index is 5.55. The quantitative estimate of drug-likeness (QED) is 0.378. The minimum Gasteiger partial charge on any atom is -0.381 e. The zero-order valence-corrected chi connectivity index (χ0v) is 19.1. The van der Waals surface area contributed by atoms with Gasteiger partial charge in [-0.3, -0.25) is 4.99 Å². The summed E-state index contributed by atoms with van der Waals surface area (Å²) < 4.78 is 5.55. The predicted molar refractivity (Wildman–Crippen MR) is 121 cm³/mol. The first-order valence-corrected chi connectivity index (χ1v) is 9.26. The second kappa shape index (κ2) is 11.1. The van der Waals surface area contributed by atoms with Gasteiger partial charge in [0.15, 0.2) is 5.96 Å². The number of nitrogens with one attached hydrogen (secondary N) is 2. The first kappa shape index (κ1) is 23.2. The van der Waals surface area contributed by atoms with Crippen LogP contribution in [0.1, 0.15) is 38.2 Å². The van der Waals surface area contributed by atoms with Gasteiger partial charge in [-0.05, 0) is 39.4 Å². The van der Waals surface area contributed by atoms with Crippen LogP contribution in [0.25, 0.3) is 0 Å². The van der Waals surface area contributed by atoms with Crippen LogP contribution in [-0.2, 0) is 4.74 Å². The Hall–Kier alpha value is -0.860. The maximum Gasteiger partial charge on any atom is 0.191 e. The van der Waals surface area contributed by atoms with Gasteiger partial charge in [0.25, 0.3) is 0 Å². The van der Waals surface area contributed by atoms with Gasteiger partial charge in [0.1, 0.15) is 0 Å². The fraction of sp³-hybridized carbons (Fsp3) is 0.650. The SMILES string of the molecule is CN=C(NCC1(N(C)C)CCOCC1)NC(C)C(C)c1ccccc1.I. The van der Waals surface area contributed by atoms with Crippen molar-refractivity contribution in [3.63, 3.8) is 0 Å². The van der Waals surface area contributed by atoms with Crippen LogP contribution in [-0.4, -0.2) is 63.3 Å². The van der Waals surface area contributed by atoms with Gasteiger partial charge in [0.2, 0.25) is 0 Å². The van der Waals surface area contributed by atoms with Gasteiger partial charge in [-0.25, -0.2) is 0 Å². The van der Waals surface area contributed by atoms with Crippen molar-refractivity contribution in [3.05, 3.63) is 35.9 Å². The number of guanidine groups is 1. The Labute approximate surface area is 176 Å². The molecular formula is C20H35IN4O. The Morgan fingerprint density at radius 3 is 2.35 bits per heavy atom. The molecule has 0 saturated carbocycles. The molecule has 1 saturated heterocycles. The Kier molecular flexibility index (Phi) is 9.89. The third-order valence-corrected chi connectivity index (χ3v) is 5.62. The summed E-state index contributed by atoms with van der Waals surface area (Å²) in [6, 6.07) is 10.9. The highest BCUT2D eigenvalue weighted by molar-refractivity contribution is 14.0. The third kappa shape index (κ3) is 6.09. The molecule has 0 bridgehead atoms. The topological polar surface area (TPSA) is 48.9 Å². The van der Waals surface area contributed by atoms with Crippen LogP contribution in [0.4, 0.5) is 0 Å². The lowest BCUT2D eigenvalue weighted by atomic mass is 9.88. The Bertz CT molecular complexity index is 544. The molecule has 26 heavy (non-hydrogen) atoms. The van der Waals surface area contributed by atoms with Gasteiger partial charge >= 0.3 is 0 Å². The number of likely N-dealkylation sites (N-methyl/N-ethyl adjacent to an activating group) is 1. The molecular weight excluding hydrogens is 439 g/mol. The van der Waals surface area contributed by atoms with E-state index in [4.69, 9.17) is 4.74 Å². The molecule has 0 aromatic heterocycles. The van der Waals surface area contributed by atoms with Crippen LogP contribution in [0.3, 0.4) is 0 Å². The van der Waals surface area contributed by atoms with Gasteiger partial charge in [0.05, 0.1) is 0 Å². The fourth-order valence-electron chi connectivity index (χ4n) is 3.36. The molecule has 0 radical (unpaired) electrons. The number of benzene rings is 1. The van der Waals surface area contributed by atoms with Gasteiger partial charge in [-0.1, -0.05) is 37.3 Å². The van der Waals surface area contributed by atoms with E-state index in [2.05, 4.69) is 78.8 Å². The number of ether oxygens (including phenoxy) is 1. The first-order chi connectivity index (χ1) is 12.0. The summed E-state index contributed by atoms with van der Waals surface area (Å²) in [5.41, 5.74) is 1.47. The van der Waals surface area contributed by atoms with E-state index in [1.54, 1.807) is 0 Å². The molecule has 6 heteroatoms. The lowest BCUT2D eigenvalue weighted by molar-refractivity contribution is -0.00503. The average molecular weight is 474 g/mol. The highest BCUT2D eigenvalue weighted by Gasteiger charge is 2.35. The van der Waals surface area contributed by atoms with E-state index in [9.17, 15) is 0 Å². The standard InChI is InChI=1S/C20H34N4O.HI/c1-16(18-9-7-6-8-10-18)17(2)23-19(21-3)22-15-20(24(4)5)11-13-25-14-12-20;/h6-10,16-17H,11-15H2,1-5H3,(H2,21,22,23);1H. The molecule has 148 valence electrons. The third-order valence-electron chi connectivity index (χ3n) is 5.62. The summed E-state index contributed by atoms with van der Waals surface area (Å²) in [4.78, 5) is 6.75. The monoisotopic (exact) mass is 474 g/mol. The molecule has 0 amide bonds. The van der Waals surface area contributed by atoms with E-state index in [-0.39, 0.29) is 29.5 Å². The highest BCUT2D eigenvalue weighted by atomic mass is 127. The molecule has 1 heterocycles. The molecule has 1 fully saturated rings. The van der Waals surface area contributed by atoms with E-state index >= 15 is 0 Å². The molecule has 1 aromatic carbocycles. The van der Waals surface area contributed by atoms with E-state index in [0.717, 1.165) is 38.6 Å². The molecule has 1 aliphatic rings. The van der Waals surface area contributed by atoms with Crippen molar-refractivity contribution < 1.29 is 4.74 Å². The summed E-state index contributed by atoms with van der Waals surface area (Å²) in [5, 5.41) is 7.09. The Morgan fingerprint density at radius 1 is 1.19 bits per heavy atom. The van der Waals surface area contributed by atoms with Crippen LogP contribution in [0.5, 0.6) is 0 Å². The van der Waals surface area contributed by atoms with Crippen molar-refractivity contribution in [1.82, 2.24) is 15.5 Å². The van der Waals surface area contributed by atoms with Gasteiger partial charge in [0, 0.05) is 44.3 Å². The lowest BCUT2D eigenvalue weighted by Crippen LogP contribution is -2.57. The molecule has 2 unspecified atom stereocenters. The maximum atomic E-state index is 5.55. The summed E-state index contributed by atoms with van der Waals surface area (Å²) in [6.07, 6.45) is 2.08. The van der Waals surface area contributed by atoms with Crippen LogP contribution in [0.2, 0.25) is 0 Å². The van der Waals surface area contributed by atoms with Crippen molar-refractivity contribution in [2.75, 3.05) is 40.9 Å². The van der Waals surface area contributed by atoms with Crippen LogP contribution >= 0.6 is 24.0 Å². The summed E-state index contributed by atoms with van der Waals surface area (Å²) in [7, 11) is 6.15. The van der Waals surface area contributed by atoms with Gasteiger partial charge in [-0.15, -0.1) is 24.0 Å². The highest BCUT2D eigenvalue weighted by Crippen LogP contribution is 2.25. The summed E-state index contributed by atoms with van der Waals surface area (Å²) in [6.45, 7) is 6.98. The second-order valence-electron chi connectivity index (χ2n) is 7.29. The smallest absolute Gasteiger partial charge is 0.191 e. The zero-order valence-electron chi connectivity index (χ0n) is 16.8. The Morgan fingerprint density at radius 2 is 1.81 bits per heavy atom. The minimum atomic E-state index is 0. The van der Waals surface area contributed by atoms with E-state index in [0.29, 0.717) is 12.0 Å². The number of hydrogen-bond acceptors (Lipinski definition) is 3. The molecule has 2 N–H and O–H groups in total. The summed E-state index contributed by atoms with van der Waals surface area (Å²) in [5.74, 6) is 1.27. The lowest BCUT2D eigenvalue weighted by Gasteiger charge is -2.43. The minimum absolute atomic E-state index is 0. The molecule has 0 aliphatic carbocycles. The van der Waals surface area contributed by atoms with Crippen LogP contribution < -0.4 is 10.6 Å². The largest absolute Gasteiger partial charge is 0.381 e. The zero-order chi connectivity index (χ0) is 18.3. The molecule has 2 rings (SSSR count). The molecule has 5 nitrogen and oxygen atoms in total. The van der Waals surface area contributed by atoms with Crippen LogP contribution in [0.15, 0.2) is 35.3 Å². The number of nitrogens with zero attached hydrogens (tertiary/aromatic N) is 2.